The van der Waals surface area contributed by atoms with E-state index in [9.17, 15) is 9.59 Å². The van der Waals surface area contributed by atoms with E-state index in [4.69, 9.17) is 14.2 Å². The van der Waals surface area contributed by atoms with Crippen molar-refractivity contribution in [2.75, 3.05) is 21.3 Å². The number of amides is 1. The van der Waals surface area contributed by atoms with Gasteiger partial charge in [-0.2, -0.15) is 5.10 Å². The van der Waals surface area contributed by atoms with Gasteiger partial charge in [-0.25, -0.2) is 5.43 Å². The second-order valence-corrected chi connectivity index (χ2v) is 5.08. The van der Waals surface area contributed by atoms with Crippen molar-refractivity contribution in [3.8, 4) is 17.2 Å². The zero-order valence-corrected chi connectivity index (χ0v) is 14.4. The Morgan fingerprint density at radius 1 is 1.16 bits per heavy atom. The number of aromatic nitrogens is 2. The molecule has 3 N–H and O–H groups in total. The molecule has 0 radical (unpaired) electrons. The molecule has 25 heavy (non-hydrogen) atoms. The van der Waals surface area contributed by atoms with Crippen LogP contribution in [-0.2, 0) is 11.2 Å². The summed E-state index contributed by atoms with van der Waals surface area (Å²) < 4.78 is 15.8. The largest absolute Gasteiger partial charge is 0.493 e. The number of ether oxygens (including phenoxy) is 3. The Labute approximate surface area is 144 Å². The van der Waals surface area contributed by atoms with Gasteiger partial charge in [0.1, 0.15) is 0 Å². The summed E-state index contributed by atoms with van der Waals surface area (Å²) in [7, 11) is 4.52. The van der Waals surface area contributed by atoms with Gasteiger partial charge >= 0.3 is 0 Å². The SMILES string of the molecule is COc1ccc(/C=N/NC(=O)Cc2c(C)[nH][nH]c2=O)c(OC)c1OC. The standard InChI is InChI=1S/C16H20N4O5/c1-9-11(16(22)20-18-9)7-13(21)19-17-8-10-5-6-12(23-2)15(25-4)14(10)24-3/h5-6,8H,7H2,1-4H3,(H,19,21)(H2,18,20,22)/b17-8+. The molecule has 2 aromatic rings. The molecule has 0 spiro atoms. The highest BCUT2D eigenvalue weighted by molar-refractivity contribution is 5.87. The number of carbonyl (C=O) groups excluding carboxylic acids is 1. The van der Waals surface area contributed by atoms with Crippen LogP contribution in [0.2, 0.25) is 0 Å². The summed E-state index contributed by atoms with van der Waals surface area (Å²) in [5.74, 6) is 0.958. The fourth-order valence-corrected chi connectivity index (χ4v) is 2.28. The van der Waals surface area contributed by atoms with E-state index < -0.39 is 5.91 Å². The van der Waals surface area contributed by atoms with Crippen molar-refractivity contribution >= 4 is 12.1 Å². The molecule has 1 aromatic carbocycles. The number of aryl methyl sites for hydroxylation is 1. The number of H-pyrrole nitrogens is 2. The first kappa shape index (κ1) is 18.1. The molecule has 0 unspecified atom stereocenters. The zero-order valence-electron chi connectivity index (χ0n) is 14.4. The maximum Gasteiger partial charge on any atom is 0.267 e. The second-order valence-electron chi connectivity index (χ2n) is 5.08. The van der Waals surface area contributed by atoms with Crippen LogP contribution >= 0.6 is 0 Å². The van der Waals surface area contributed by atoms with Gasteiger partial charge in [0.05, 0.1) is 34.0 Å². The van der Waals surface area contributed by atoms with Crippen molar-refractivity contribution < 1.29 is 19.0 Å². The average molecular weight is 348 g/mol. The van der Waals surface area contributed by atoms with E-state index in [-0.39, 0.29) is 12.0 Å². The van der Waals surface area contributed by atoms with E-state index >= 15 is 0 Å². The van der Waals surface area contributed by atoms with Gasteiger partial charge in [0.2, 0.25) is 11.7 Å². The Hall–Kier alpha value is -3.23. The molecule has 0 aliphatic rings. The van der Waals surface area contributed by atoms with Crippen molar-refractivity contribution in [1.29, 1.82) is 0 Å². The molecule has 134 valence electrons. The highest BCUT2D eigenvalue weighted by Crippen LogP contribution is 2.38. The van der Waals surface area contributed by atoms with Crippen molar-refractivity contribution in [1.82, 2.24) is 15.6 Å². The molecule has 0 saturated carbocycles. The highest BCUT2D eigenvalue weighted by Gasteiger charge is 2.15. The summed E-state index contributed by atoms with van der Waals surface area (Å²) in [5.41, 5.74) is 3.64. The molecule has 2 rings (SSSR count). The number of nitrogens with one attached hydrogen (secondary N) is 3. The van der Waals surface area contributed by atoms with Crippen LogP contribution in [0.1, 0.15) is 16.8 Å². The lowest BCUT2D eigenvalue weighted by Crippen LogP contribution is -2.23. The first-order valence-corrected chi connectivity index (χ1v) is 7.38. The number of hydrogen-bond acceptors (Lipinski definition) is 6. The quantitative estimate of drug-likeness (QED) is 0.504. The highest BCUT2D eigenvalue weighted by atomic mass is 16.5. The van der Waals surface area contributed by atoms with Gasteiger partial charge in [-0.05, 0) is 19.1 Å². The third-order valence-corrected chi connectivity index (χ3v) is 3.56. The van der Waals surface area contributed by atoms with Crippen molar-refractivity contribution in [3.05, 3.63) is 39.3 Å². The Kier molecular flexibility index (Phi) is 5.83. The molecule has 0 atom stereocenters. The van der Waals surface area contributed by atoms with Crippen LogP contribution in [0.5, 0.6) is 17.2 Å². The topological polar surface area (TPSA) is 118 Å². The number of aromatic amines is 2. The van der Waals surface area contributed by atoms with E-state index in [0.29, 0.717) is 34.1 Å². The second kappa shape index (κ2) is 8.04. The number of hydrazone groups is 1. The summed E-state index contributed by atoms with van der Waals surface area (Å²) in [4.78, 5) is 23.5. The van der Waals surface area contributed by atoms with E-state index in [1.165, 1.54) is 27.5 Å². The minimum Gasteiger partial charge on any atom is -0.493 e. The van der Waals surface area contributed by atoms with Gasteiger partial charge in [0.25, 0.3) is 5.56 Å². The molecular formula is C16H20N4O5. The molecule has 0 fully saturated rings. The third kappa shape index (κ3) is 4.00. The van der Waals surface area contributed by atoms with Crippen LogP contribution in [0.15, 0.2) is 22.0 Å². The Balaban J connectivity index is 2.11. The Bertz CT molecular complexity index is 838. The van der Waals surface area contributed by atoms with Crippen LogP contribution < -0.4 is 25.2 Å². The number of rotatable bonds is 7. The summed E-state index contributed by atoms with van der Waals surface area (Å²) in [5, 5.41) is 8.98. The molecular weight excluding hydrogens is 328 g/mol. The minimum atomic E-state index is -0.413. The number of hydrogen-bond donors (Lipinski definition) is 3. The van der Waals surface area contributed by atoms with Crippen LogP contribution in [-0.4, -0.2) is 43.6 Å². The number of nitrogens with zero attached hydrogens (tertiary/aromatic N) is 1. The van der Waals surface area contributed by atoms with Crippen molar-refractivity contribution in [2.24, 2.45) is 5.10 Å². The molecule has 0 bridgehead atoms. The first-order valence-electron chi connectivity index (χ1n) is 7.38. The summed E-state index contributed by atoms with van der Waals surface area (Å²) >= 11 is 0. The Morgan fingerprint density at radius 2 is 1.88 bits per heavy atom. The molecule has 9 heteroatoms. The maximum absolute atomic E-state index is 11.9. The summed E-state index contributed by atoms with van der Waals surface area (Å²) in [6.07, 6.45) is 1.35. The van der Waals surface area contributed by atoms with Gasteiger partial charge in [-0.1, -0.05) is 0 Å². The lowest BCUT2D eigenvalue weighted by atomic mass is 10.2. The molecule has 0 saturated heterocycles. The number of methoxy groups -OCH3 is 3. The lowest BCUT2D eigenvalue weighted by Gasteiger charge is -2.13. The minimum absolute atomic E-state index is 0.0783. The van der Waals surface area contributed by atoms with Gasteiger partial charge in [0.15, 0.2) is 11.5 Å². The van der Waals surface area contributed by atoms with Crippen LogP contribution in [0.3, 0.4) is 0 Å². The number of carbonyl (C=O) groups is 1. The Morgan fingerprint density at radius 3 is 2.44 bits per heavy atom. The average Bonchev–Trinajstić information content (AvgIpc) is 2.92. The number of benzene rings is 1. The third-order valence-electron chi connectivity index (χ3n) is 3.56. The van der Waals surface area contributed by atoms with Crippen LogP contribution in [0.4, 0.5) is 0 Å². The molecule has 1 heterocycles. The van der Waals surface area contributed by atoms with Gasteiger partial charge in [0, 0.05) is 16.8 Å². The summed E-state index contributed by atoms with van der Waals surface area (Å²) in [6, 6.07) is 3.42. The van der Waals surface area contributed by atoms with Crippen LogP contribution in [0, 0.1) is 6.92 Å². The smallest absolute Gasteiger partial charge is 0.267 e. The maximum atomic E-state index is 11.9. The van der Waals surface area contributed by atoms with Gasteiger partial charge in [-0.15, -0.1) is 0 Å². The predicted molar refractivity (Wildman–Crippen MR) is 91.7 cm³/mol. The van der Waals surface area contributed by atoms with E-state index in [2.05, 4.69) is 20.7 Å². The summed E-state index contributed by atoms with van der Waals surface area (Å²) in [6.45, 7) is 1.71. The van der Waals surface area contributed by atoms with Gasteiger partial charge < -0.3 is 19.3 Å². The lowest BCUT2D eigenvalue weighted by molar-refractivity contribution is -0.120. The fraction of sp³-hybridized carbons (Fsp3) is 0.312. The van der Waals surface area contributed by atoms with Gasteiger partial charge in [-0.3, -0.25) is 14.7 Å². The van der Waals surface area contributed by atoms with Crippen molar-refractivity contribution in [3.63, 3.8) is 0 Å². The normalized spacial score (nSPS) is 10.7. The van der Waals surface area contributed by atoms with E-state index in [0.717, 1.165) is 0 Å². The molecule has 0 aliphatic carbocycles. The molecule has 9 nitrogen and oxygen atoms in total. The predicted octanol–water partition coefficient (Wildman–Crippen LogP) is 0.730. The van der Waals surface area contributed by atoms with Crippen LogP contribution in [0.25, 0.3) is 0 Å². The molecule has 1 aromatic heterocycles. The zero-order chi connectivity index (χ0) is 18.4. The molecule has 0 aliphatic heterocycles. The fourth-order valence-electron chi connectivity index (χ4n) is 2.28. The first-order chi connectivity index (χ1) is 12.0. The van der Waals surface area contributed by atoms with E-state index in [1.807, 2.05) is 0 Å². The molecule has 1 amide bonds. The van der Waals surface area contributed by atoms with E-state index in [1.54, 1.807) is 19.1 Å². The monoisotopic (exact) mass is 348 g/mol. The van der Waals surface area contributed by atoms with Crippen molar-refractivity contribution in [2.45, 2.75) is 13.3 Å².